The number of nitrogens with zero attached hydrogens (tertiary/aromatic N) is 1. The summed E-state index contributed by atoms with van der Waals surface area (Å²) in [6.07, 6.45) is 1.24. The predicted octanol–water partition coefficient (Wildman–Crippen LogP) is 2.82. The number of carbonyl (C=O) groups excluding carboxylic acids is 1. The molecule has 0 unspecified atom stereocenters. The number of hydrogen-bond acceptors (Lipinski definition) is 4. The van der Waals surface area contributed by atoms with E-state index in [1.165, 1.54) is 5.56 Å². The van der Waals surface area contributed by atoms with E-state index < -0.39 is 0 Å². The van der Waals surface area contributed by atoms with Crippen LogP contribution in [0.1, 0.15) is 32.3 Å². The van der Waals surface area contributed by atoms with Crippen LogP contribution in [0.5, 0.6) is 0 Å². The van der Waals surface area contributed by atoms with Crippen LogP contribution in [0.25, 0.3) is 0 Å². The van der Waals surface area contributed by atoms with Gasteiger partial charge in [-0.1, -0.05) is 26.0 Å². The molecule has 0 aliphatic carbocycles. The first-order chi connectivity index (χ1) is 10.7. The van der Waals surface area contributed by atoms with E-state index in [1.54, 1.807) is 0 Å². The van der Waals surface area contributed by atoms with Crippen LogP contribution in [-0.2, 0) is 16.1 Å². The molecule has 1 aromatic rings. The third-order valence-electron chi connectivity index (χ3n) is 4.16. The highest BCUT2D eigenvalue weighted by atomic mass is 35.5. The zero-order valence-corrected chi connectivity index (χ0v) is 16.0. The third-order valence-corrected chi connectivity index (χ3v) is 4.16. The van der Waals surface area contributed by atoms with Gasteiger partial charge in [-0.3, -0.25) is 9.69 Å². The van der Waals surface area contributed by atoms with Crippen LogP contribution in [0, 0.1) is 0 Å². The van der Waals surface area contributed by atoms with Crippen molar-refractivity contribution in [2.75, 3.05) is 25.0 Å². The Labute approximate surface area is 157 Å². The number of benzene rings is 1. The molecule has 1 aromatic carbocycles. The average Bonchev–Trinajstić information content (AvgIpc) is 3.02. The van der Waals surface area contributed by atoms with Gasteiger partial charge in [0, 0.05) is 18.8 Å². The minimum atomic E-state index is -0.375. The fourth-order valence-electron chi connectivity index (χ4n) is 2.75. The molecule has 2 atom stereocenters. The Bertz CT molecular complexity index is 498. The fraction of sp³-hybridized carbons (Fsp3) is 0.588. The normalized spacial score (nSPS) is 19.5. The second kappa shape index (κ2) is 11.7. The van der Waals surface area contributed by atoms with E-state index in [1.807, 2.05) is 18.2 Å². The summed E-state index contributed by atoms with van der Waals surface area (Å²) in [4.78, 5) is 14.6. The molecular weight excluding hydrogens is 349 g/mol. The number of anilines is 1. The molecule has 1 aliphatic rings. The second-order valence-corrected chi connectivity index (χ2v) is 5.71. The zero-order valence-electron chi connectivity index (χ0n) is 14.4. The van der Waals surface area contributed by atoms with Gasteiger partial charge in [0.05, 0.1) is 6.10 Å². The van der Waals surface area contributed by atoms with Crippen LogP contribution in [-0.4, -0.2) is 42.6 Å². The molecule has 7 heteroatoms. The standard InChI is InChI=1S/C17H27N3O2.2ClH/c1-3-20(4-2)12-13-6-5-7-14(10-13)19-17(21)16-9-8-15(11-18)22-16;;/h5-7,10,15-16H,3-4,8-9,11-12,18H2,1-2H3,(H,19,21);2*1H/t15-,16+;;/m1../s1. The van der Waals surface area contributed by atoms with Gasteiger partial charge in [-0.15, -0.1) is 24.8 Å². The number of ether oxygens (including phenoxy) is 1. The Hall–Kier alpha value is -0.850. The van der Waals surface area contributed by atoms with Gasteiger partial charge in [-0.25, -0.2) is 0 Å². The van der Waals surface area contributed by atoms with Gasteiger partial charge < -0.3 is 15.8 Å². The third kappa shape index (κ3) is 6.57. The van der Waals surface area contributed by atoms with Crippen molar-refractivity contribution in [3.63, 3.8) is 0 Å². The predicted molar refractivity (Wildman–Crippen MR) is 103 cm³/mol. The summed E-state index contributed by atoms with van der Waals surface area (Å²) in [7, 11) is 0. The van der Waals surface area contributed by atoms with Crippen molar-refractivity contribution in [3.05, 3.63) is 29.8 Å². The molecule has 1 heterocycles. The SMILES string of the molecule is CCN(CC)Cc1cccc(NC(=O)[C@@H]2CC[C@H](CN)O2)c1.Cl.Cl. The Balaban J connectivity index is 0.00000264. The summed E-state index contributed by atoms with van der Waals surface area (Å²) in [6, 6.07) is 8.02. The van der Waals surface area contributed by atoms with Gasteiger partial charge in [0.1, 0.15) is 6.10 Å². The minimum absolute atomic E-state index is 0. The van der Waals surface area contributed by atoms with Gasteiger partial charge in [0.15, 0.2) is 0 Å². The number of halogens is 2. The summed E-state index contributed by atoms with van der Waals surface area (Å²) in [5, 5.41) is 2.95. The van der Waals surface area contributed by atoms with Crippen molar-refractivity contribution < 1.29 is 9.53 Å². The minimum Gasteiger partial charge on any atom is -0.364 e. The van der Waals surface area contributed by atoms with E-state index in [0.717, 1.165) is 38.2 Å². The summed E-state index contributed by atoms with van der Waals surface area (Å²) >= 11 is 0. The molecular formula is C17H29Cl2N3O2. The van der Waals surface area contributed by atoms with Gasteiger partial charge >= 0.3 is 0 Å². The number of amides is 1. The first-order valence-electron chi connectivity index (χ1n) is 8.14. The highest BCUT2D eigenvalue weighted by Crippen LogP contribution is 2.21. The Morgan fingerprint density at radius 2 is 2.00 bits per heavy atom. The lowest BCUT2D eigenvalue weighted by Gasteiger charge is -2.18. The van der Waals surface area contributed by atoms with Gasteiger partial charge in [-0.05, 0) is 43.6 Å². The van der Waals surface area contributed by atoms with Crippen LogP contribution in [0.4, 0.5) is 5.69 Å². The molecule has 1 saturated heterocycles. The van der Waals surface area contributed by atoms with Crippen molar-refractivity contribution in [3.8, 4) is 0 Å². The van der Waals surface area contributed by atoms with Gasteiger partial charge in [0.2, 0.25) is 0 Å². The molecule has 0 saturated carbocycles. The second-order valence-electron chi connectivity index (χ2n) is 5.71. The first kappa shape index (κ1) is 23.1. The van der Waals surface area contributed by atoms with Crippen LogP contribution in [0.15, 0.2) is 24.3 Å². The number of carbonyl (C=O) groups is 1. The van der Waals surface area contributed by atoms with Crippen molar-refractivity contribution in [1.82, 2.24) is 4.90 Å². The molecule has 138 valence electrons. The molecule has 0 bridgehead atoms. The largest absolute Gasteiger partial charge is 0.364 e. The molecule has 24 heavy (non-hydrogen) atoms. The van der Waals surface area contributed by atoms with Crippen molar-refractivity contribution >= 4 is 36.4 Å². The molecule has 0 aromatic heterocycles. The van der Waals surface area contributed by atoms with Crippen LogP contribution in [0.3, 0.4) is 0 Å². The summed E-state index contributed by atoms with van der Waals surface area (Å²) in [5.74, 6) is -0.0732. The van der Waals surface area contributed by atoms with Crippen molar-refractivity contribution in [2.24, 2.45) is 5.73 Å². The topological polar surface area (TPSA) is 67.6 Å². The number of hydrogen-bond donors (Lipinski definition) is 2. The highest BCUT2D eigenvalue weighted by Gasteiger charge is 2.29. The van der Waals surface area contributed by atoms with E-state index in [-0.39, 0.29) is 42.9 Å². The molecule has 1 aliphatic heterocycles. The monoisotopic (exact) mass is 377 g/mol. The maximum absolute atomic E-state index is 12.2. The van der Waals surface area contributed by atoms with Gasteiger partial charge in [-0.2, -0.15) is 0 Å². The molecule has 1 amide bonds. The van der Waals surface area contributed by atoms with E-state index in [0.29, 0.717) is 6.54 Å². The van der Waals surface area contributed by atoms with Crippen LogP contribution >= 0.6 is 24.8 Å². The smallest absolute Gasteiger partial charge is 0.253 e. The maximum atomic E-state index is 12.2. The quantitative estimate of drug-likeness (QED) is 0.766. The lowest BCUT2D eigenvalue weighted by molar-refractivity contribution is -0.126. The first-order valence-corrected chi connectivity index (χ1v) is 8.14. The summed E-state index contributed by atoms with van der Waals surface area (Å²) in [6.45, 7) is 7.71. The number of nitrogens with one attached hydrogen (secondary N) is 1. The maximum Gasteiger partial charge on any atom is 0.253 e. The molecule has 5 nitrogen and oxygen atoms in total. The fourth-order valence-corrected chi connectivity index (χ4v) is 2.75. The van der Waals surface area contributed by atoms with Crippen molar-refractivity contribution in [1.29, 1.82) is 0 Å². The van der Waals surface area contributed by atoms with E-state index in [9.17, 15) is 4.79 Å². The Morgan fingerprint density at radius 3 is 2.58 bits per heavy atom. The molecule has 3 N–H and O–H groups in total. The zero-order chi connectivity index (χ0) is 15.9. The van der Waals surface area contributed by atoms with Crippen LogP contribution in [0.2, 0.25) is 0 Å². The molecule has 0 radical (unpaired) electrons. The summed E-state index contributed by atoms with van der Waals surface area (Å²) in [5.41, 5.74) is 7.61. The Morgan fingerprint density at radius 1 is 1.29 bits per heavy atom. The van der Waals surface area contributed by atoms with Crippen molar-refractivity contribution in [2.45, 2.75) is 45.4 Å². The summed E-state index contributed by atoms with van der Waals surface area (Å²) < 4.78 is 5.63. The number of rotatable bonds is 7. The highest BCUT2D eigenvalue weighted by molar-refractivity contribution is 5.94. The van der Waals surface area contributed by atoms with E-state index >= 15 is 0 Å². The number of nitrogens with two attached hydrogens (primary N) is 1. The lowest BCUT2D eigenvalue weighted by Crippen LogP contribution is -2.29. The van der Waals surface area contributed by atoms with Crippen LogP contribution < -0.4 is 11.1 Å². The Kier molecular flexibility index (Phi) is 11.2. The van der Waals surface area contributed by atoms with Gasteiger partial charge in [0.25, 0.3) is 5.91 Å². The molecule has 1 fully saturated rings. The average molecular weight is 378 g/mol. The molecule has 2 rings (SSSR count). The van der Waals surface area contributed by atoms with E-state index in [4.69, 9.17) is 10.5 Å². The molecule has 0 spiro atoms. The lowest BCUT2D eigenvalue weighted by atomic mass is 10.1. The van der Waals surface area contributed by atoms with E-state index in [2.05, 4.69) is 30.1 Å².